The molecule has 0 aromatic heterocycles. The van der Waals surface area contributed by atoms with Crippen molar-refractivity contribution in [2.45, 2.75) is 39.3 Å². The van der Waals surface area contributed by atoms with E-state index in [0.29, 0.717) is 5.56 Å². The smallest absolute Gasteiger partial charge is 0.0809 e. The van der Waals surface area contributed by atoms with Gasteiger partial charge in [-0.1, -0.05) is 58.1 Å². The first-order valence-corrected chi connectivity index (χ1v) is 15.0. The maximum atomic E-state index is 10.8. The van der Waals surface area contributed by atoms with E-state index in [1.54, 1.807) is 12.1 Å². The van der Waals surface area contributed by atoms with Crippen molar-refractivity contribution in [1.82, 2.24) is 0 Å². The molecule has 6 heteroatoms. The Labute approximate surface area is 188 Å². The molecule has 0 fully saturated rings. The van der Waals surface area contributed by atoms with Crippen molar-refractivity contribution in [2.75, 3.05) is 0 Å². The molecule has 0 heterocycles. The summed E-state index contributed by atoms with van der Waals surface area (Å²) in [5.41, 5.74) is 8.57. The van der Waals surface area contributed by atoms with Crippen molar-refractivity contribution in [1.29, 1.82) is 0 Å². The number of nitrogens with one attached hydrogen (secondary N) is 1. The van der Waals surface area contributed by atoms with Gasteiger partial charge in [0.1, 0.15) is 0 Å². The number of hydrogen-bond acceptors (Lipinski definition) is 1. The second-order valence-corrected chi connectivity index (χ2v) is 10.5. The van der Waals surface area contributed by atoms with Gasteiger partial charge in [0.05, 0.1) is 5.91 Å². The molecule has 2 nitrogen and oxygen atoms in total. The number of carbonyl (C=O) groups excluding carboxylic acids is 1. The van der Waals surface area contributed by atoms with Crippen molar-refractivity contribution < 1.29 is 21.8 Å². The monoisotopic (exact) mass is 467 g/mol. The maximum absolute atomic E-state index is 10.8. The molecule has 0 aliphatic rings. The first kappa shape index (κ1) is 27.0. The third kappa shape index (κ3) is 11.1. The topological polar surface area (TPSA) is 40.9 Å². The van der Waals surface area contributed by atoms with Crippen LogP contribution in [0.1, 0.15) is 36.7 Å². The number of amides is 1. The van der Waals surface area contributed by atoms with E-state index in [0.717, 1.165) is 15.1 Å². The molecule has 0 spiro atoms. The van der Waals surface area contributed by atoms with Gasteiger partial charge in [-0.25, -0.2) is 0 Å². The quantitative estimate of drug-likeness (QED) is 0.264. The predicted molar refractivity (Wildman–Crippen MR) is 123 cm³/mol. The Balaban J connectivity index is 0.000000419. The predicted octanol–water partition coefficient (Wildman–Crippen LogP) is 7.90. The first-order chi connectivity index (χ1) is 13.2. The number of benzene rings is 2. The van der Waals surface area contributed by atoms with Gasteiger partial charge in [0.25, 0.3) is 0 Å². The summed E-state index contributed by atoms with van der Waals surface area (Å²) in [6.07, 6.45) is 0. The molecular weight excluding hydrogens is 441 g/mol. The molecule has 0 atom stereocenters. The third-order valence-electron chi connectivity index (χ3n) is 3.54. The fourth-order valence-corrected chi connectivity index (χ4v) is 2.20. The fraction of sp³-hybridized carbons (Fsp3) is 0.273. The Kier molecular flexibility index (Phi) is 14.4. The summed E-state index contributed by atoms with van der Waals surface area (Å²) in [7, 11) is 10.9. The Hall–Kier alpha value is -0.969. The molecule has 1 amide bonds. The van der Waals surface area contributed by atoms with Gasteiger partial charge in [0, 0.05) is 9.52 Å². The van der Waals surface area contributed by atoms with Gasteiger partial charge in [-0.05, 0) is 22.6 Å². The van der Waals surface area contributed by atoms with Crippen molar-refractivity contribution in [3.63, 3.8) is 0 Å². The van der Waals surface area contributed by atoms with Crippen molar-refractivity contribution in [2.24, 2.45) is 0 Å². The van der Waals surface area contributed by atoms with Crippen molar-refractivity contribution in [3.8, 4) is 0 Å². The molecule has 3 rings (SSSR count). The van der Waals surface area contributed by atoms with Gasteiger partial charge < -0.3 is 10.5 Å². The molecule has 3 aromatic carbocycles. The van der Waals surface area contributed by atoms with Crippen LogP contribution in [0, 0.1) is 0 Å². The molecule has 0 aliphatic heterocycles. The summed E-state index contributed by atoms with van der Waals surface area (Å²) in [6.45, 7) is 10.6. The van der Waals surface area contributed by atoms with E-state index in [9.17, 15) is 4.79 Å². The number of fused-ring (bicyclic) bond motifs is 1. The van der Waals surface area contributed by atoms with Gasteiger partial charge in [-0.2, -0.15) is 17.5 Å². The van der Waals surface area contributed by atoms with Crippen molar-refractivity contribution in [3.05, 3.63) is 83.6 Å². The Morgan fingerprint density at radius 3 is 2.11 bits per heavy atom. The maximum Gasteiger partial charge on any atom is -0.0809 e. The molecule has 1 N–H and O–H groups in total. The second kappa shape index (κ2) is 14.9. The van der Waals surface area contributed by atoms with Gasteiger partial charge in [0.15, 0.2) is 0 Å². The summed E-state index contributed by atoms with van der Waals surface area (Å²) >= 11 is -0.556. The Morgan fingerprint density at radius 2 is 1.61 bits per heavy atom. The summed E-state index contributed by atoms with van der Waals surface area (Å²) in [4.78, 5) is 10.8. The molecule has 0 bridgehead atoms. The van der Waals surface area contributed by atoms with Gasteiger partial charge >= 0.3 is 35.6 Å². The van der Waals surface area contributed by atoms with Gasteiger partial charge in [0.2, 0.25) is 0 Å². The summed E-state index contributed by atoms with van der Waals surface area (Å²) in [5.74, 6) is -0.619. The SMILES string of the molecule is CC(C)(C)c1cccc(C([NH-])=O)c1.C[Si]C.[Cl][Ti][Cl].c1ccc2[cH-]ccc2c1. The van der Waals surface area contributed by atoms with Crippen LogP contribution in [0.25, 0.3) is 16.5 Å². The molecule has 0 saturated heterocycles. The minimum atomic E-state index is -0.619. The zero-order chi connectivity index (χ0) is 21.6. The van der Waals surface area contributed by atoms with E-state index in [1.807, 2.05) is 12.1 Å². The van der Waals surface area contributed by atoms with Gasteiger partial charge in [-0.3, -0.25) is 0 Å². The van der Waals surface area contributed by atoms with E-state index in [2.05, 4.69) is 76.3 Å². The standard InChI is InChI=1S/C11H15NO.C9H7.C2H6Si.2ClH.Ti/c1-11(2,3)9-6-4-5-8(7-9)10(12)13;1-2-5-9-7-3-6-8(9)4-1;1-3-2;;;/h4-7H,1-3H3,(H2,12,13);1-7H;1-2H3;2*1H;/q;-1;;;;+2/p-3. The molecular formula is C22H27Cl2NOSiTi-2. The molecule has 150 valence electrons. The molecule has 28 heavy (non-hydrogen) atoms. The van der Waals surface area contributed by atoms with E-state index in [1.165, 1.54) is 10.8 Å². The minimum Gasteiger partial charge on any atom is -0.168 e. The van der Waals surface area contributed by atoms with Crippen molar-refractivity contribution >= 4 is 44.8 Å². The van der Waals surface area contributed by atoms with E-state index in [4.69, 9.17) is 24.3 Å². The Morgan fingerprint density at radius 1 is 1.04 bits per heavy atom. The van der Waals surface area contributed by atoms with Crippen LogP contribution in [0.4, 0.5) is 0 Å². The molecule has 2 radical (unpaired) electrons. The third-order valence-corrected chi connectivity index (χ3v) is 3.54. The molecule has 3 aromatic rings. The Bertz CT molecular complexity index is 783. The van der Waals surface area contributed by atoms with Crippen LogP contribution in [0.3, 0.4) is 0 Å². The normalized spacial score (nSPS) is 9.68. The van der Waals surface area contributed by atoms with Crippen LogP contribution < -0.4 is 0 Å². The fourth-order valence-electron chi connectivity index (χ4n) is 2.20. The zero-order valence-corrected chi connectivity index (χ0v) is 21.1. The zero-order valence-electron chi connectivity index (χ0n) is 17.0. The molecule has 0 aliphatic carbocycles. The minimum absolute atomic E-state index is 0.0332. The average Bonchev–Trinajstić information content (AvgIpc) is 3.12. The van der Waals surface area contributed by atoms with Crippen LogP contribution in [0.5, 0.6) is 0 Å². The summed E-state index contributed by atoms with van der Waals surface area (Å²) < 4.78 is 0. The van der Waals surface area contributed by atoms with Crippen LogP contribution in [-0.4, -0.2) is 15.4 Å². The number of rotatable bonds is 1. The second-order valence-electron chi connectivity index (χ2n) is 6.89. The van der Waals surface area contributed by atoms with Crippen LogP contribution >= 0.6 is 18.6 Å². The number of carbonyl (C=O) groups is 1. The summed E-state index contributed by atoms with van der Waals surface area (Å²) in [6, 6.07) is 21.9. The van der Waals surface area contributed by atoms with Crippen LogP contribution in [-0.2, 0) is 22.4 Å². The van der Waals surface area contributed by atoms with E-state index >= 15 is 0 Å². The average molecular weight is 468 g/mol. The van der Waals surface area contributed by atoms with Crippen LogP contribution in [0.15, 0.2) is 66.7 Å². The van der Waals surface area contributed by atoms with Gasteiger partial charge in [-0.15, -0.1) is 29.7 Å². The molecule has 0 saturated carbocycles. The largest absolute Gasteiger partial charge is 0.168 e. The molecule has 0 unspecified atom stereocenters. The number of halogens is 2. The number of hydrogen-bond donors (Lipinski definition) is 0. The summed E-state index contributed by atoms with van der Waals surface area (Å²) in [5, 5.41) is 2.66. The first-order valence-electron chi connectivity index (χ1n) is 8.72. The van der Waals surface area contributed by atoms with Crippen LogP contribution in [0.2, 0.25) is 13.1 Å². The van der Waals surface area contributed by atoms with E-state index < -0.39 is 22.9 Å². The van der Waals surface area contributed by atoms with E-state index in [-0.39, 0.29) is 5.41 Å².